The van der Waals surface area contributed by atoms with Gasteiger partial charge < -0.3 is 10.1 Å². The van der Waals surface area contributed by atoms with Crippen molar-refractivity contribution in [3.8, 4) is 5.75 Å². The summed E-state index contributed by atoms with van der Waals surface area (Å²) in [6.07, 6.45) is 1.74. The summed E-state index contributed by atoms with van der Waals surface area (Å²) < 4.78 is 5.13. The number of para-hydroxylation sites is 1. The Morgan fingerprint density at radius 1 is 1.04 bits per heavy atom. The fraction of sp³-hybridized carbons (Fsp3) is 0.136. The number of methoxy groups -OCH3 is 1. The van der Waals surface area contributed by atoms with E-state index in [9.17, 15) is 4.79 Å². The first-order valence-electron chi connectivity index (χ1n) is 8.60. The number of hydrogen-bond acceptors (Lipinski definition) is 4. The average Bonchev–Trinajstić information content (AvgIpc) is 2.70. The van der Waals surface area contributed by atoms with Crippen LogP contribution < -0.4 is 10.1 Å². The standard InChI is InChI=1S/C22H21N3O2/c1-15(24-20-9-6-14-23-16(20)2)19-7-4-5-8-21(19)25-22(26)17-10-12-18(27-3)13-11-17/h4-14H,1-3H3,(H,25,26). The van der Waals surface area contributed by atoms with Crippen LogP contribution in [0.1, 0.15) is 28.5 Å². The molecule has 1 heterocycles. The molecule has 136 valence electrons. The van der Waals surface area contributed by atoms with Crippen LogP contribution in [0.25, 0.3) is 0 Å². The van der Waals surface area contributed by atoms with E-state index in [2.05, 4.69) is 15.3 Å². The van der Waals surface area contributed by atoms with Crippen molar-refractivity contribution in [3.05, 3.63) is 83.7 Å². The molecule has 5 heteroatoms. The van der Waals surface area contributed by atoms with E-state index in [1.807, 2.05) is 50.2 Å². The van der Waals surface area contributed by atoms with Crippen LogP contribution in [-0.4, -0.2) is 23.7 Å². The van der Waals surface area contributed by atoms with Crippen LogP contribution >= 0.6 is 0 Å². The van der Waals surface area contributed by atoms with E-state index in [0.29, 0.717) is 17.0 Å². The highest BCUT2D eigenvalue weighted by Crippen LogP contribution is 2.22. The van der Waals surface area contributed by atoms with E-state index in [1.165, 1.54) is 0 Å². The zero-order chi connectivity index (χ0) is 19.2. The maximum Gasteiger partial charge on any atom is 0.255 e. The number of hydrogen-bond donors (Lipinski definition) is 1. The average molecular weight is 359 g/mol. The molecule has 0 aliphatic carbocycles. The van der Waals surface area contributed by atoms with Crippen LogP contribution in [-0.2, 0) is 0 Å². The number of benzene rings is 2. The number of pyridine rings is 1. The topological polar surface area (TPSA) is 63.6 Å². The zero-order valence-corrected chi connectivity index (χ0v) is 15.6. The molecule has 1 amide bonds. The van der Waals surface area contributed by atoms with Crippen LogP contribution in [0.15, 0.2) is 71.9 Å². The summed E-state index contributed by atoms with van der Waals surface area (Å²) in [7, 11) is 1.59. The number of carbonyl (C=O) groups excluding carboxylic acids is 1. The van der Waals surface area contributed by atoms with Gasteiger partial charge >= 0.3 is 0 Å². The smallest absolute Gasteiger partial charge is 0.255 e. The molecule has 27 heavy (non-hydrogen) atoms. The number of nitrogens with one attached hydrogen (secondary N) is 1. The number of nitrogens with zero attached hydrogens (tertiary/aromatic N) is 2. The van der Waals surface area contributed by atoms with Crippen molar-refractivity contribution in [1.82, 2.24) is 4.98 Å². The van der Waals surface area contributed by atoms with E-state index in [0.717, 1.165) is 22.7 Å². The van der Waals surface area contributed by atoms with Crippen molar-refractivity contribution < 1.29 is 9.53 Å². The number of rotatable bonds is 5. The van der Waals surface area contributed by atoms with Gasteiger partial charge in [0.25, 0.3) is 5.91 Å². The molecular formula is C22H21N3O2. The molecule has 1 aromatic heterocycles. The fourth-order valence-corrected chi connectivity index (χ4v) is 2.68. The molecule has 3 aromatic rings. The van der Waals surface area contributed by atoms with Crippen LogP contribution in [0.3, 0.4) is 0 Å². The number of anilines is 1. The summed E-state index contributed by atoms with van der Waals surface area (Å²) in [6, 6.07) is 18.4. The Morgan fingerprint density at radius 3 is 2.48 bits per heavy atom. The SMILES string of the molecule is COc1ccc(C(=O)Nc2ccccc2C(C)=Nc2cccnc2C)cc1. The minimum Gasteiger partial charge on any atom is -0.497 e. The quantitative estimate of drug-likeness (QED) is 0.666. The van der Waals surface area contributed by atoms with Crippen molar-refractivity contribution in [3.63, 3.8) is 0 Å². The lowest BCUT2D eigenvalue weighted by Gasteiger charge is -2.12. The van der Waals surface area contributed by atoms with Crippen molar-refractivity contribution >= 4 is 23.0 Å². The van der Waals surface area contributed by atoms with Crippen LogP contribution in [0.2, 0.25) is 0 Å². The summed E-state index contributed by atoms with van der Waals surface area (Å²) in [5.74, 6) is 0.525. The van der Waals surface area contributed by atoms with Gasteiger partial charge in [0.05, 0.1) is 24.2 Å². The first-order chi connectivity index (χ1) is 13.1. The fourth-order valence-electron chi connectivity index (χ4n) is 2.68. The molecule has 0 atom stereocenters. The van der Waals surface area contributed by atoms with Gasteiger partial charge in [-0.05, 0) is 56.3 Å². The highest BCUT2D eigenvalue weighted by molar-refractivity contribution is 6.10. The first kappa shape index (κ1) is 18.3. The van der Waals surface area contributed by atoms with Crippen molar-refractivity contribution in [2.24, 2.45) is 4.99 Å². The molecule has 0 radical (unpaired) electrons. The molecule has 1 N–H and O–H groups in total. The van der Waals surface area contributed by atoms with Crippen LogP contribution in [0.4, 0.5) is 11.4 Å². The number of amides is 1. The Kier molecular flexibility index (Phi) is 5.61. The van der Waals surface area contributed by atoms with Crippen molar-refractivity contribution in [2.45, 2.75) is 13.8 Å². The van der Waals surface area contributed by atoms with Gasteiger partial charge in [0.1, 0.15) is 5.75 Å². The monoisotopic (exact) mass is 359 g/mol. The largest absolute Gasteiger partial charge is 0.497 e. The predicted molar refractivity (Wildman–Crippen MR) is 108 cm³/mol. The molecular weight excluding hydrogens is 338 g/mol. The summed E-state index contributed by atoms with van der Waals surface area (Å²) in [4.78, 5) is 21.5. The Hall–Kier alpha value is -3.47. The van der Waals surface area contributed by atoms with Crippen molar-refractivity contribution in [1.29, 1.82) is 0 Å². The number of aliphatic imine (C=N–C) groups is 1. The summed E-state index contributed by atoms with van der Waals surface area (Å²) in [5, 5.41) is 2.97. The summed E-state index contributed by atoms with van der Waals surface area (Å²) >= 11 is 0. The normalized spacial score (nSPS) is 11.1. The van der Waals surface area contributed by atoms with Gasteiger partial charge in [-0.2, -0.15) is 0 Å². The molecule has 0 unspecified atom stereocenters. The minimum absolute atomic E-state index is 0.185. The van der Waals surface area contributed by atoms with Gasteiger partial charge in [0.15, 0.2) is 0 Å². The second-order valence-electron chi connectivity index (χ2n) is 6.03. The molecule has 0 aliphatic heterocycles. The first-order valence-corrected chi connectivity index (χ1v) is 8.60. The van der Waals surface area contributed by atoms with E-state index in [1.54, 1.807) is 37.6 Å². The molecule has 0 fully saturated rings. The summed E-state index contributed by atoms with van der Waals surface area (Å²) in [6.45, 7) is 3.84. The highest BCUT2D eigenvalue weighted by atomic mass is 16.5. The molecule has 3 rings (SSSR count). The van der Waals surface area contributed by atoms with Gasteiger partial charge in [-0.25, -0.2) is 0 Å². The molecule has 2 aromatic carbocycles. The van der Waals surface area contributed by atoms with E-state index < -0.39 is 0 Å². The Bertz CT molecular complexity index is 979. The molecule has 0 saturated heterocycles. The maximum absolute atomic E-state index is 12.6. The lowest BCUT2D eigenvalue weighted by molar-refractivity contribution is 0.102. The van der Waals surface area contributed by atoms with Gasteiger partial charge in [-0.15, -0.1) is 0 Å². The lowest BCUT2D eigenvalue weighted by atomic mass is 10.1. The number of aryl methyl sites for hydroxylation is 1. The number of aromatic nitrogens is 1. The molecule has 5 nitrogen and oxygen atoms in total. The van der Waals surface area contributed by atoms with Crippen LogP contribution in [0.5, 0.6) is 5.75 Å². The number of carbonyl (C=O) groups is 1. The van der Waals surface area contributed by atoms with Crippen LogP contribution in [0, 0.1) is 6.92 Å². The van der Waals surface area contributed by atoms with Gasteiger partial charge in [-0.3, -0.25) is 14.8 Å². The van der Waals surface area contributed by atoms with E-state index in [-0.39, 0.29) is 5.91 Å². The minimum atomic E-state index is -0.185. The maximum atomic E-state index is 12.6. The predicted octanol–water partition coefficient (Wildman–Crippen LogP) is 4.79. The third kappa shape index (κ3) is 4.39. The van der Waals surface area contributed by atoms with Crippen molar-refractivity contribution in [2.75, 3.05) is 12.4 Å². The van der Waals surface area contributed by atoms with E-state index >= 15 is 0 Å². The lowest BCUT2D eigenvalue weighted by Crippen LogP contribution is -2.14. The zero-order valence-electron chi connectivity index (χ0n) is 15.6. The Morgan fingerprint density at radius 2 is 1.78 bits per heavy atom. The molecule has 0 spiro atoms. The third-order valence-electron chi connectivity index (χ3n) is 4.18. The molecule has 0 saturated carbocycles. The number of ether oxygens (including phenoxy) is 1. The third-order valence-corrected chi connectivity index (χ3v) is 4.18. The Balaban J connectivity index is 1.87. The summed E-state index contributed by atoms with van der Waals surface area (Å²) in [5.41, 5.74) is 4.60. The van der Waals surface area contributed by atoms with E-state index in [4.69, 9.17) is 4.74 Å². The second-order valence-corrected chi connectivity index (χ2v) is 6.03. The molecule has 0 aliphatic rings. The highest BCUT2D eigenvalue weighted by Gasteiger charge is 2.11. The van der Waals surface area contributed by atoms with Gasteiger partial charge in [0, 0.05) is 23.0 Å². The second kappa shape index (κ2) is 8.27. The Labute approximate surface area is 158 Å². The van der Waals surface area contributed by atoms with Gasteiger partial charge in [-0.1, -0.05) is 18.2 Å². The molecule has 0 bridgehead atoms. The van der Waals surface area contributed by atoms with Gasteiger partial charge in [0.2, 0.25) is 0 Å².